The third-order valence-electron chi connectivity index (χ3n) is 6.13. The Morgan fingerprint density at radius 1 is 1.12 bits per heavy atom. The highest BCUT2D eigenvalue weighted by Gasteiger charge is 2.22. The summed E-state index contributed by atoms with van der Waals surface area (Å²) in [7, 11) is 0. The van der Waals surface area contributed by atoms with Gasteiger partial charge in [-0.05, 0) is 60.4 Å². The fourth-order valence-corrected chi connectivity index (χ4v) is 4.59. The summed E-state index contributed by atoms with van der Waals surface area (Å²) >= 11 is 0. The fourth-order valence-electron chi connectivity index (χ4n) is 4.59. The highest BCUT2D eigenvalue weighted by atomic mass is 19.1. The Bertz CT molecular complexity index is 1440. The second-order valence-corrected chi connectivity index (χ2v) is 8.39. The van der Waals surface area contributed by atoms with Gasteiger partial charge in [-0.25, -0.2) is 9.37 Å². The molecule has 3 aromatic carbocycles. The summed E-state index contributed by atoms with van der Waals surface area (Å²) in [5.41, 5.74) is 7.31. The molecule has 0 bridgehead atoms. The number of para-hydroxylation sites is 2. The second-order valence-electron chi connectivity index (χ2n) is 8.39. The smallest absolute Gasteiger partial charge is 0.130 e. The van der Waals surface area contributed by atoms with Crippen molar-refractivity contribution in [3.63, 3.8) is 0 Å². The summed E-state index contributed by atoms with van der Waals surface area (Å²) in [6.07, 6.45) is 1.94. The van der Waals surface area contributed by atoms with E-state index in [2.05, 4.69) is 41.8 Å². The number of allylic oxidation sites excluding steroid dienone is 1. The van der Waals surface area contributed by atoms with Gasteiger partial charge in [0.2, 0.25) is 0 Å². The first-order valence-electron chi connectivity index (χ1n) is 11.2. The molecule has 5 heteroatoms. The molecule has 0 atom stereocenters. The van der Waals surface area contributed by atoms with Crippen LogP contribution in [0.5, 0.6) is 5.75 Å². The van der Waals surface area contributed by atoms with Crippen molar-refractivity contribution in [1.82, 2.24) is 9.55 Å². The highest BCUT2D eigenvalue weighted by Crippen LogP contribution is 2.39. The summed E-state index contributed by atoms with van der Waals surface area (Å²) in [5.74, 6) is 1.18. The van der Waals surface area contributed by atoms with Gasteiger partial charge in [-0.15, -0.1) is 0 Å². The number of hydrogen-bond acceptors (Lipinski definition) is 3. The Hall–Kier alpha value is -3.91. The van der Waals surface area contributed by atoms with Crippen LogP contribution in [0, 0.1) is 17.1 Å². The molecular weight excluding hydrogens is 413 g/mol. The maximum absolute atomic E-state index is 13.9. The topological polar surface area (TPSA) is 50.8 Å². The third-order valence-corrected chi connectivity index (χ3v) is 6.13. The van der Waals surface area contributed by atoms with Gasteiger partial charge < -0.3 is 9.30 Å². The van der Waals surface area contributed by atoms with E-state index in [0.717, 1.165) is 57.5 Å². The van der Waals surface area contributed by atoms with Gasteiger partial charge in [0.1, 0.15) is 24.0 Å². The SMILES string of the molecule is CCCc1nc2ccccc2n1Cc1ccc2c(c1)COc1cc(F)ccc1/C2=C(/C)C#N. The van der Waals surface area contributed by atoms with E-state index in [-0.39, 0.29) is 5.82 Å². The number of rotatable bonds is 4. The molecule has 1 aliphatic heterocycles. The van der Waals surface area contributed by atoms with Gasteiger partial charge in [0.25, 0.3) is 0 Å². The van der Waals surface area contributed by atoms with E-state index in [1.54, 1.807) is 13.0 Å². The molecule has 0 spiro atoms. The largest absolute Gasteiger partial charge is 0.488 e. The average Bonchev–Trinajstić information content (AvgIpc) is 3.07. The number of imidazole rings is 1. The van der Waals surface area contributed by atoms with Crippen LogP contribution in [0.25, 0.3) is 16.6 Å². The van der Waals surface area contributed by atoms with Gasteiger partial charge in [0, 0.05) is 35.7 Å². The van der Waals surface area contributed by atoms with Crippen LogP contribution < -0.4 is 4.74 Å². The quantitative estimate of drug-likeness (QED) is 0.347. The van der Waals surface area contributed by atoms with Crippen LogP contribution in [0.1, 0.15) is 48.3 Å². The first kappa shape index (κ1) is 21.0. The number of aryl methyl sites for hydroxylation is 1. The summed E-state index contributed by atoms with van der Waals surface area (Å²) in [6, 6.07) is 21.3. The molecule has 4 nitrogen and oxygen atoms in total. The number of benzene rings is 3. The van der Waals surface area contributed by atoms with Crippen molar-refractivity contribution in [2.24, 2.45) is 0 Å². The van der Waals surface area contributed by atoms with Crippen LogP contribution in [0.4, 0.5) is 4.39 Å². The molecule has 164 valence electrons. The predicted molar refractivity (Wildman–Crippen MR) is 127 cm³/mol. The molecule has 33 heavy (non-hydrogen) atoms. The zero-order valence-electron chi connectivity index (χ0n) is 18.7. The first-order chi connectivity index (χ1) is 16.1. The van der Waals surface area contributed by atoms with E-state index in [4.69, 9.17) is 9.72 Å². The van der Waals surface area contributed by atoms with Crippen LogP contribution in [0.3, 0.4) is 0 Å². The molecular formula is C28H24FN3O. The Morgan fingerprint density at radius 2 is 1.94 bits per heavy atom. The van der Waals surface area contributed by atoms with Gasteiger partial charge in [0.05, 0.1) is 17.1 Å². The average molecular weight is 438 g/mol. The van der Waals surface area contributed by atoms with Crippen molar-refractivity contribution < 1.29 is 9.13 Å². The predicted octanol–water partition coefficient (Wildman–Crippen LogP) is 6.41. The molecule has 0 saturated carbocycles. The number of aromatic nitrogens is 2. The minimum atomic E-state index is -0.357. The minimum Gasteiger partial charge on any atom is -0.488 e. The molecule has 4 aromatic rings. The van der Waals surface area contributed by atoms with Crippen LogP contribution >= 0.6 is 0 Å². The number of halogens is 1. The van der Waals surface area contributed by atoms with Gasteiger partial charge in [-0.3, -0.25) is 0 Å². The Labute approximate surface area is 192 Å². The highest BCUT2D eigenvalue weighted by molar-refractivity contribution is 5.88. The molecule has 0 radical (unpaired) electrons. The summed E-state index contributed by atoms with van der Waals surface area (Å²) in [4.78, 5) is 4.84. The minimum absolute atomic E-state index is 0.314. The van der Waals surface area contributed by atoms with E-state index in [1.165, 1.54) is 12.1 Å². The number of nitriles is 1. The molecule has 0 N–H and O–H groups in total. The zero-order valence-corrected chi connectivity index (χ0v) is 18.7. The van der Waals surface area contributed by atoms with E-state index in [9.17, 15) is 9.65 Å². The second kappa shape index (κ2) is 8.55. The van der Waals surface area contributed by atoms with Crippen molar-refractivity contribution in [3.8, 4) is 11.8 Å². The van der Waals surface area contributed by atoms with Crippen molar-refractivity contribution in [3.05, 3.63) is 100 Å². The lowest BCUT2D eigenvalue weighted by Crippen LogP contribution is -2.06. The number of hydrogen-bond donors (Lipinski definition) is 0. The van der Waals surface area contributed by atoms with Gasteiger partial charge >= 0.3 is 0 Å². The van der Waals surface area contributed by atoms with E-state index in [0.29, 0.717) is 24.5 Å². The van der Waals surface area contributed by atoms with Gasteiger partial charge in [0.15, 0.2) is 0 Å². The summed E-state index contributed by atoms with van der Waals surface area (Å²) < 4.78 is 22.2. The van der Waals surface area contributed by atoms with E-state index in [1.807, 2.05) is 18.2 Å². The lowest BCUT2D eigenvalue weighted by atomic mass is 9.90. The molecule has 0 amide bonds. The van der Waals surface area contributed by atoms with Crippen LogP contribution in [0.15, 0.2) is 66.2 Å². The van der Waals surface area contributed by atoms with E-state index < -0.39 is 0 Å². The Morgan fingerprint density at radius 3 is 2.76 bits per heavy atom. The Balaban J connectivity index is 1.60. The molecule has 0 aliphatic carbocycles. The van der Waals surface area contributed by atoms with Crippen LogP contribution in [-0.2, 0) is 19.6 Å². The summed E-state index contributed by atoms with van der Waals surface area (Å²) in [6.45, 7) is 4.96. The number of nitrogens with zero attached hydrogens (tertiary/aromatic N) is 3. The lowest BCUT2D eigenvalue weighted by molar-refractivity contribution is 0.305. The molecule has 0 unspecified atom stereocenters. The molecule has 5 rings (SSSR count). The standard InChI is InChI=1S/C28H24FN3O/c1-3-6-27-31-24-7-4-5-8-25(24)32(27)16-19-9-11-22-20(13-19)17-33-26-14-21(29)10-12-23(26)28(22)18(2)15-30/h4-5,7-14H,3,6,16-17H2,1-2H3/b28-18-. The molecule has 0 saturated heterocycles. The fraction of sp³-hybridized carbons (Fsp3) is 0.214. The van der Waals surface area contributed by atoms with Crippen molar-refractivity contribution in [2.75, 3.05) is 0 Å². The maximum Gasteiger partial charge on any atom is 0.130 e. The van der Waals surface area contributed by atoms with Gasteiger partial charge in [-0.1, -0.05) is 31.2 Å². The summed E-state index contributed by atoms with van der Waals surface area (Å²) in [5, 5.41) is 9.66. The van der Waals surface area contributed by atoms with Gasteiger partial charge in [-0.2, -0.15) is 5.26 Å². The molecule has 1 aliphatic rings. The lowest BCUT2D eigenvalue weighted by Gasteiger charge is -2.14. The van der Waals surface area contributed by atoms with E-state index >= 15 is 0 Å². The van der Waals surface area contributed by atoms with Crippen LogP contribution in [0.2, 0.25) is 0 Å². The molecule has 2 heterocycles. The number of ether oxygens (including phenoxy) is 1. The Kier molecular flexibility index (Phi) is 5.43. The third kappa shape index (κ3) is 3.78. The van der Waals surface area contributed by atoms with Crippen molar-refractivity contribution in [2.45, 2.75) is 39.8 Å². The normalized spacial score (nSPS) is 14.1. The number of fused-ring (bicyclic) bond motifs is 3. The zero-order chi connectivity index (χ0) is 22.9. The first-order valence-corrected chi connectivity index (χ1v) is 11.2. The molecule has 0 fully saturated rings. The maximum atomic E-state index is 13.9. The van der Waals surface area contributed by atoms with Crippen molar-refractivity contribution >= 4 is 16.6 Å². The van der Waals surface area contributed by atoms with Crippen molar-refractivity contribution in [1.29, 1.82) is 5.26 Å². The van der Waals surface area contributed by atoms with Crippen LogP contribution in [-0.4, -0.2) is 9.55 Å². The molecule has 1 aromatic heterocycles. The monoisotopic (exact) mass is 437 g/mol.